The fourth-order valence-electron chi connectivity index (χ4n) is 8.78. The lowest BCUT2D eigenvalue weighted by Crippen LogP contribution is -2.33. The molecule has 378 valence electrons. The molecule has 3 aliphatic heterocycles. The van der Waals surface area contributed by atoms with Crippen molar-refractivity contribution >= 4 is 65.9 Å². The predicted molar refractivity (Wildman–Crippen MR) is 257 cm³/mol. The average Bonchev–Trinajstić information content (AvgIpc) is 3.97. The molecule has 23 nitrogen and oxygen atoms in total. The highest BCUT2D eigenvalue weighted by atomic mass is 79.9. The van der Waals surface area contributed by atoms with E-state index in [0.717, 1.165) is 18.4 Å². The number of phenols is 2. The Hall–Kier alpha value is -6.30. The molecule has 0 aliphatic carbocycles. The maximum atomic E-state index is 13.4. The van der Waals surface area contributed by atoms with Gasteiger partial charge in [0.25, 0.3) is 11.8 Å². The van der Waals surface area contributed by atoms with E-state index in [1.165, 1.54) is 41.2 Å². The number of aliphatic hydroxyl groups is 2. The molecule has 0 bridgehead atoms. The monoisotopic (exact) mass is 1090 g/mol. The first-order chi connectivity index (χ1) is 34.3. The van der Waals surface area contributed by atoms with Crippen molar-refractivity contribution < 1.29 is 77.4 Å². The average molecular weight is 1090 g/mol. The second-order valence-corrected chi connectivity index (χ2v) is 21.9. The maximum absolute atomic E-state index is 13.4. The molecule has 72 heavy (non-hydrogen) atoms. The highest BCUT2D eigenvalue weighted by Gasteiger charge is 2.54. The minimum atomic E-state index is -4.89. The molecule has 6 aromatic rings. The predicted octanol–water partition coefficient (Wildman–Crippen LogP) is 4.86. The van der Waals surface area contributed by atoms with Crippen molar-refractivity contribution in [1.82, 2.24) is 30.2 Å². The van der Waals surface area contributed by atoms with Crippen molar-refractivity contribution in [3.8, 4) is 23.0 Å². The maximum Gasteiger partial charge on any atom is 0.340 e. The quantitative estimate of drug-likeness (QED) is 0.0238. The van der Waals surface area contributed by atoms with Gasteiger partial charge in [-0.1, -0.05) is 31.0 Å². The van der Waals surface area contributed by atoms with E-state index in [1.807, 2.05) is 0 Å². The van der Waals surface area contributed by atoms with E-state index in [1.54, 1.807) is 48.5 Å². The Balaban J connectivity index is 0.713. The summed E-state index contributed by atoms with van der Waals surface area (Å²) in [7, 11) is -9.65. The molecule has 1 spiro atoms. The molecule has 3 aliphatic rings. The Morgan fingerprint density at radius 3 is 2.04 bits per heavy atom. The van der Waals surface area contributed by atoms with Gasteiger partial charge in [-0.05, 0) is 82.9 Å². The van der Waals surface area contributed by atoms with Crippen LogP contribution in [0.25, 0.3) is 11.2 Å². The van der Waals surface area contributed by atoms with Crippen LogP contribution in [-0.2, 0) is 35.3 Å². The highest BCUT2D eigenvalue weighted by molar-refractivity contribution is 9.10. The number of benzene rings is 4. The number of aromatic nitrogens is 4. The van der Waals surface area contributed by atoms with Crippen LogP contribution in [0.2, 0.25) is 0 Å². The Morgan fingerprint density at radius 1 is 0.792 bits per heavy atom. The van der Waals surface area contributed by atoms with E-state index in [-0.39, 0.29) is 68.4 Å². The Labute approximate surface area is 417 Å². The van der Waals surface area contributed by atoms with Crippen LogP contribution >= 0.6 is 31.1 Å². The Bertz CT molecular complexity index is 3140. The zero-order valence-electron chi connectivity index (χ0n) is 37.6. The highest BCUT2D eigenvalue weighted by Crippen LogP contribution is 2.58. The lowest BCUT2D eigenvalue weighted by molar-refractivity contribution is -0.0483. The third-order valence-electron chi connectivity index (χ3n) is 12.2. The molecule has 10 N–H and O–H groups in total. The number of hydrogen-bond acceptors (Lipinski definition) is 17. The van der Waals surface area contributed by atoms with Crippen molar-refractivity contribution in [2.24, 2.45) is 0 Å². The lowest BCUT2D eigenvalue weighted by Gasteiger charge is -2.36. The largest absolute Gasteiger partial charge is 0.508 e. The molecule has 5 atom stereocenters. The van der Waals surface area contributed by atoms with Gasteiger partial charge in [0.2, 0.25) is 4.73 Å². The van der Waals surface area contributed by atoms with E-state index in [2.05, 4.69) is 46.8 Å². The molecular weight excluding hydrogens is 1050 g/mol. The molecular formula is C46H46BrN7O16P2. The van der Waals surface area contributed by atoms with Gasteiger partial charge < -0.3 is 69.8 Å². The molecule has 2 aromatic heterocycles. The number of ether oxygens (including phenoxy) is 3. The zero-order chi connectivity index (χ0) is 51.1. The Kier molecular flexibility index (Phi) is 14.3. The SMILES string of the molecule is O=C(NCCCCCCNC(=O)c1ccc2c(c1)C(=O)OC21c2ccc(O)cc2Oc2cc(O)ccc21)c1ccc(CNc2nc(Br)nc3c2ncn3[C@@H]2O[C@H](COP(=O)(O)CP(=O)(O)O)[C@H](O)[C@@H]2O)cc1. The molecule has 0 radical (unpaired) electrons. The summed E-state index contributed by atoms with van der Waals surface area (Å²) in [5, 5.41) is 50.7. The van der Waals surface area contributed by atoms with Crippen molar-refractivity contribution in [3.63, 3.8) is 0 Å². The van der Waals surface area contributed by atoms with Crippen LogP contribution in [0.1, 0.15) is 85.2 Å². The van der Waals surface area contributed by atoms with Crippen molar-refractivity contribution in [2.45, 2.75) is 62.4 Å². The number of halogens is 1. The number of aliphatic hydroxyl groups excluding tert-OH is 2. The third-order valence-corrected chi connectivity index (χ3v) is 16.0. The van der Waals surface area contributed by atoms with E-state index < -0.39 is 63.8 Å². The summed E-state index contributed by atoms with van der Waals surface area (Å²) in [6.45, 7) is 0.331. The molecule has 1 saturated heterocycles. The summed E-state index contributed by atoms with van der Waals surface area (Å²) >= 11 is 3.27. The van der Waals surface area contributed by atoms with Crippen LogP contribution in [0.3, 0.4) is 0 Å². The van der Waals surface area contributed by atoms with Gasteiger partial charge in [-0.25, -0.2) is 19.7 Å². The number of nitrogens with zero attached hydrogens (tertiary/aromatic N) is 4. The van der Waals surface area contributed by atoms with Gasteiger partial charge in [0, 0.05) is 59.6 Å². The minimum Gasteiger partial charge on any atom is -0.508 e. The van der Waals surface area contributed by atoms with Gasteiger partial charge in [-0.3, -0.25) is 23.3 Å². The van der Waals surface area contributed by atoms with Crippen LogP contribution in [-0.4, -0.2) is 116 Å². The number of nitrogens with one attached hydrogen (secondary N) is 3. The number of fused-ring (bicyclic) bond motifs is 7. The fourth-order valence-corrected chi connectivity index (χ4v) is 11.7. The summed E-state index contributed by atoms with van der Waals surface area (Å²) in [4.78, 5) is 80.5. The number of rotatable bonds is 18. The van der Waals surface area contributed by atoms with Gasteiger partial charge in [-0.2, -0.15) is 0 Å². The van der Waals surface area contributed by atoms with Crippen LogP contribution < -0.4 is 20.7 Å². The number of hydrogen-bond donors (Lipinski definition) is 10. The molecule has 1 fully saturated rings. The zero-order valence-corrected chi connectivity index (χ0v) is 41.0. The van der Waals surface area contributed by atoms with Crippen LogP contribution in [0, 0.1) is 0 Å². The molecule has 0 saturated carbocycles. The van der Waals surface area contributed by atoms with Crippen molar-refractivity contribution in [2.75, 3.05) is 30.9 Å². The second kappa shape index (κ2) is 20.3. The lowest BCUT2D eigenvalue weighted by atomic mass is 9.77. The number of esters is 1. The summed E-state index contributed by atoms with van der Waals surface area (Å²) in [6.07, 6.45) is -1.55. The summed E-state index contributed by atoms with van der Waals surface area (Å²) < 4.78 is 47.4. The topological polar surface area (TPSA) is 344 Å². The number of anilines is 1. The minimum absolute atomic E-state index is 0.0577. The number of imidazole rings is 1. The molecule has 26 heteroatoms. The number of unbranched alkanes of at least 4 members (excludes halogenated alkanes) is 3. The molecule has 9 rings (SSSR count). The van der Waals surface area contributed by atoms with Crippen LogP contribution in [0.4, 0.5) is 5.82 Å². The summed E-state index contributed by atoms with van der Waals surface area (Å²) in [5.74, 6) is -1.99. The fraction of sp³-hybridized carbons (Fsp3) is 0.304. The van der Waals surface area contributed by atoms with Crippen LogP contribution in [0.15, 0.2) is 89.9 Å². The first-order valence-corrected chi connectivity index (χ1v) is 26.7. The molecule has 2 amide bonds. The van der Waals surface area contributed by atoms with Gasteiger partial charge in [-0.15, -0.1) is 0 Å². The molecule has 4 aromatic carbocycles. The van der Waals surface area contributed by atoms with Gasteiger partial charge in [0.05, 0.1) is 18.5 Å². The van der Waals surface area contributed by atoms with Gasteiger partial charge >= 0.3 is 21.2 Å². The van der Waals surface area contributed by atoms with E-state index in [9.17, 15) is 48.8 Å². The third kappa shape index (κ3) is 10.5. The molecule has 5 heterocycles. The number of amides is 2. The molecule has 1 unspecified atom stereocenters. The van der Waals surface area contributed by atoms with E-state index >= 15 is 0 Å². The number of phenolic OH excluding ortho intramolecular Hbond substituents is 2. The number of carbonyl (C=O) groups excluding carboxylic acids is 3. The number of carbonyl (C=O) groups is 3. The normalized spacial score (nSPS) is 19.4. The number of aromatic hydroxyl groups is 2. The first kappa shape index (κ1) is 50.6. The standard InChI is InChI=1S/C46H46BrN7O16P2/c47-45-52-39(36-40(53-45)54(22-51-36)43-38(58)37(57)35(69-43)21-67-72(65,66)23-71(62,63)64)50-20-24-5-7-25(8-6-24)41(59)48-15-3-1-2-4-16-49-42(60)26-9-12-30-29(17-26)44(61)70-46(30)31-13-10-27(55)18-33(31)68-34-19-28(56)11-14-32(34)46/h5-14,17-19,22,35,37-38,43,55-58H,1-4,15-16,20-21,23H2,(H,48,59)(H,49,60)(H,65,66)(H,50,52,53)(H2,62,63,64)/t35-,37+,38+,43-/m1/s1. The van der Waals surface area contributed by atoms with Gasteiger partial charge in [0.15, 0.2) is 34.7 Å². The Morgan fingerprint density at radius 2 is 1.40 bits per heavy atom. The summed E-state index contributed by atoms with van der Waals surface area (Å²) in [6, 6.07) is 20.7. The van der Waals surface area contributed by atoms with E-state index in [4.69, 9.17) is 28.5 Å². The summed E-state index contributed by atoms with van der Waals surface area (Å²) in [5.41, 5.74) is 2.21. The van der Waals surface area contributed by atoms with Crippen molar-refractivity contribution in [3.05, 3.63) is 129 Å². The van der Waals surface area contributed by atoms with E-state index in [0.29, 0.717) is 54.0 Å². The first-order valence-electron chi connectivity index (χ1n) is 22.3. The van der Waals surface area contributed by atoms with Gasteiger partial charge in [0.1, 0.15) is 41.3 Å². The van der Waals surface area contributed by atoms with Crippen LogP contribution in [0.5, 0.6) is 23.0 Å². The smallest absolute Gasteiger partial charge is 0.340 e. The van der Waals surface area contributed by atoms with Crippen molar-refractivity contribution in [1.29, 1.82) is 0 Å². The second-order valence-electron chi connectivity index (χ2n) is 17.2.